The molecule has 4 atom stereocenters. The molecule has 1 aromatic rings. The van der Waals surface area contributed by atoms with Crippen molar-refractivity contribution < 1.29 is 33.3 Å². The van der Waals surface area contributed by atoms with Crippen molar-refractivity contribution in [3.05, 3.63) is 35.9 Å². The number of hydrogen-bond acceptors (Lipinski definition) is 4. The van der Waals surface area contributed by atoms with Crippen molar-refractivity contribution >= 4 is 12.1 Å². The summed E-state index contributed by atoms with van der Waals surface area (Å²) in [5.41, 5.74) is 0.874. The van der Waals surface area contributed by atoms with E-state index in [0.717, 1.165) is 5.56 Å². The van der Waals surface area contributed by atoms with Gasteiger partial charge in [0.25, 0.3) is 5.92 Å². The molecule has 2 saturated carbocycles. The minimum Gasteiger partial charge on any atom is -0.481 e. The molecule has 3 N–H and O–H groups in total. The van der Waals surface area contributed by atoms with E-state index < -0.39 is 36.0 Å². The van der Waals surface area contributed by atoms with Gasteiger partial charge in [0, 0.05) is 18.4 Å². The molecule has 2 aliphatic rings. The van der Waals surface area contributed by atoms with Crippen molar-refractivity contribution in [3.8, 4) is 0 Å². The van der Waals surface area contributed by atoms with E-state index in [1.165, 1.54) is 0 Å². The molecule has 2 aliphatic carbocycles. The number of nitrogens with one attached hydrogen (secondary N) is 1. The van der Waals surface area contributed by atoms with Crippen LogP contribution in [0.3, 0.4) is 0 Å². The molecule has 1 amide bonds. The van der Waals surface area contributed by atoms with Crippen molar-refractivity contribution in [3.63, 3.8) is 0 Å². The van der Waals surface area contributed by atoms with Crippen LogP contribution in [0.5, 0.6) is 0 Å². The van der Waals surface area contributed by atoms with Crippen molar-refractivity contribution in [2.45, 2.75) is 57.3 Å². The third-order valence-corrected chi connectivity index (χ3v) is 4.79. The number of aliphatic carboxylic acids is 1. The first-order chi connectivity index (χ1) is 12.7. The zero-order valence-electron chi connectivity index (χ0n) is 15.1. The lowest BCUT2D eigenvalue weighted by Crippen LogP contribution is -2.37. The van der Waals surface area contributed by atoms with Crippen molar-refractivity contribution in [1.82, 2.24) is 5.32 Å². The SMILES string of the molecule is CCC(O)CC(=O)O.O=C(NC1CC(F)(F)C2CC12)OCc1ccccc1. The average Bonchev–Trinajstić information content (AvgIpc) is 3.37. The number of halogens is 2. The number of rotatable bonds is 6. The van der Waals surface area contributed by atoms with Crippen LogP contribution >= 0.6 is 0 Å². The molecular formula is C19H25F2NO5. The van der Waals surface area contributed by atoms with Gasteiger partial charge in [-0.25, -0.2) is 13.6 Å². The highest BCUT2D eigenvalue weighted by Gasteiger charge is 2.65. The minimum absolute atomic E-state index is 0.0701. The van der Waals surface area contributed by atoms with Crippen LogP contribution in [0.1, 0.15) is 38.2 Å². The van der Waals surface area contributed by atoms with Crippen LogP contribution in [0, 0.1) is 11.8 Å². The van der Waals surface area contributed by atoms with Crippen LogP contribution in [0.15, 0.2) is 30.3 Å². The van der Waals surface area contributed by atoms with Gasteiger partial charge in [-0.3, -0.25) is 4.79 Å². The van der Waals surface area contributed by atoms with Crippen molar-refractivity contribution in [1.29, 1.82) is 0 Å². The summed E-state index contributed by atoms with van der Waals surface area (Å²) in [6.07, 6.45) is -0.674. The summed E-state index contributed by atoms with van der Waals surface area (Å²) in [5.74, 6) is -4.17. The van der Waals surface area contributed by atoms with Crippen LogP contribution in [-0.2, 0) is 16.1 Å². The highest BCUT2D eigenvalue weighted by molar-refractivity contribution is 5.68. The maximum atomic E-state index is 13.3. The predicted octanol–water partition coefficient (Wildman–Crippen LogP) is 3.19. The van der Waals surface area contributed by atoms with Gasteiger partial charge in [-0.05, 0) is 24.3 Å². The quantitative estimate of drug-likeness (QED) is 0.699. The third-order valence-electron chi connectivity index (χ3n) is 4.79. The van der Waals surface area contributed by atoms with Gasteiger partial charge in [-0.1, -0.05) is 37.3 Å². The molecule has 0 radical (unpaired) electrons. The number of benzene rings is 1. The summed E-state index contributed by atoms with van der Waals surface area (Å²) >= 11 is 0. The monoisotopic (exact) mass is 385 g/mol. The lowest BCUT2D eigenvalue weighted by molar-refractivity contribution is -0.139. The zero-order chi connectivity index (χ0) is 20.0. The number of amides is 1. The van der Waals surface area contributed by atoms with Gasteiger partial charge in [0.15, 0.2) is 0 Å². The molecule has 0 bridgehead atoms. The Morgan fingerprint density at radius 3 is 2.44 bits per heavy atom. The Labute approximate surface area is 156 Å². The summed E-state index contributed by atoms with van der Waals surface area (Å²) in [7, 11) is 0. The maximum absolute atomic E-state index is 13.3. The number of alkyl carbamates (subject to hydrolysis) is 1. The summed E-state index contributed by atoms with van der Waals surface area (Å²) in [4.78, 5) is 21.4. The number of aliphatic hydroxyl groups is 1. The number of carbonyl (C=O) groups is 2. The van der Waals surface area contributed by atoms with E-state index in [4.69, 9.17) is 14.9 Å². The molecule has 3 rings (SSSR count). The van der Waals surface area contributed by atoms with E-state index in [-0.39, 0.29) is 25.4 Å². The number of carboxylic acids is 1. The number of ether oxygens (including phenoxy) is 1. The number of fused-ring (bicyclic) bond motifs is 1. The van der Waals surface area contributed by atoms with Gasteiger partial charge in [0.05, 0.1) is 12.5 Å². The van der Waals surface area contributed by atoms with E-state index in [1.54, 1.807) is 6.92 Å². The second kappa shape index (κ2) is 9.12. The van der Waals surface area contributed by atoms with Gasteiger partial charge < -0.3 is 20.3 Å². The number of carbonyl (C=O) groups excluding carboxylic acids is 1. The minimum atomic E-state index is -2.62. The molecule has 0 heterocycles. The molecule has 8 heteroatoms. The second-order valence-corrected chi connectivity index (χ2v) is 6.94. The standard InChI is InChI=1S/C14H15F2NO2.C5H10O3/c15-14(16)7-12(10-6-11(10)14)17-13(18)19-8-9-4-2-1-3-5-9;1-2-4(6)3-5(7)8/h1-5,10-12H,6-8H2,(H,17,18);4,6H,2-3H2,1H3,(H,7,8). The zero-order valence-corrected chi connectivity index (χ0v) is 15.1. The van der Waals surface area contributed by atoms with Gasteiger partial charge in [0.1, 0.15) is 6.61 Å². The Morgan fingerprint density at radius 1 is 1.33 bits per heavy atom. The second-order valence-electron chi connectivity index (χ2n) is 6.94. The van der Waals surface area contributed by atoms with E-state index in [9.17, 15) is 18.4 Å². The predicted molar refractivity (Wildman–Crippen MR) is 93.3 cm³/mol. The Hall–Kier alpha value is -2.22. The maximum Gasteiger partial charge on any atom is 0.407 e. The van der Waals surface area contributed by atoms with Crippen LogP contribution in [-0.4, -0.2) is 40.3 Å². The molecule has 0 aliphatic heterocycles. The molecule has 0 aromatic heterocycles. The van der Waals surface area contributed by atoms with Gasteiger partial charge in [-0.2, -0.15) is 0 Å². The lowest BCUT2D eigenvalue weighted by atomic mass is 10.1. The van der Waals surface area contributed by atoms with E-state index >= 15 is 0 Å². The number of aliphatic hydroxyl groups excluding tert-OH is 1. The summed E-state index contributed by atoms with van der Waals surface area (Å²) < 4.78 is 31.7. The Kier molecular flexibility index (Phi) is 7.12. The molecule has 6 nitrogen and oxygen atoms in total. The molecule has 0 spiro atoms. The first kappa shape index (κ1) is 21.1. The fraction of sp³-hybridized carbons (Fsp3) is 0.579. The normalized spacial score (nSPS) is 25.4. The number of alkyl halides is 2. The fourth-order valence-electron chi connectivity index (χ4n) is 3.16. The van der Waals surface area contributed by atoms with Crippen molar-refractivity contribution in [2.75, 3.05) is 0 Å². The lowest BCUT2D eigenvalue weighted by Gasteiger charge is -2.17. The Balaban J connectivity index is 0.000000279. The Morgan fingerprint density at radius 2 is 2.00 bits per heavy atom. The van der Waals surface area contributed by atoms with Gasteiger partial charge >= 0.3 is 12.1 Å². The van der Waals surface area contributed by atoms with Crippen LogP contribution in [0.4, 0.5) is 13.6 Å². The molecule has 27 heavy (non-hydrogen) atoms. The first-order valence-corrected chi connectivity index (χ1v) is 8.97. The smallest absolute Gasteiger partial charge is 0.407 e. The van der Waals surface area contributed by atoms with E-state index in [0.29, 0.717) is 12.8 Å². The van der Waals surface area contributed by atoms with Gasteiger partial charge in [-0.15, -0.1) is 0 Å². The van der Waals surface area contributed by atoms with Crippen LogP contribution in [0.25, 0.3) is 0 Å². The van der Waals surface area contributed by atoms with E-state index in [1.807, 2.05) is 30.3 Å². The molecular weight excluding hydrogens is 360 g/mol. The first-order valence-electron chi connectivity index (χ1n) is 8.97. The summed E-state index contributed by atoms with van der Waals surface area (Å²) in [6, 6.07) is 8.81. The van der Waals surface area contributed by atoms with Gasteiger partial charge in [0.2, 0.25) is 0 Å². The Bertz CT molecular complexity index is 640. The summed E-state index contributed by atoms with van der Waals surface area (Å²) in [5, 5.41) is 19.3. The highest BCUT2D eigenvalue weighted by atomic mass is 19.3. The fourth-order valence-corrected chi connectivity index (χ4v) is 3.16. The molecule has 150 valence electrons. The molecule has 1 aromatic carbocycles. The largest absolute Gasteiger partial charge is 0.481 e. The summed E-state index contributed by atoms with van der Waals surface area (Å²) in [6.45, 7) is 1.90. The van der Waals surface area contributed by atoms with E-state index in [2.05, 4.69) is 5.32 Å². The molecule has 2 fully saturated rings. The van der Waals surface area contributed by atoms with Crippen LogP contribution in [0.2, 0.25) is 0 Å². The topological polar surface area (TPSA) is 95.9 Å². The van der Waals surface area contributed by atoms with Crippen LogP contribution < -0.4 is 5.32 Å². The average molecular weight is 385 g/mol. The number of carboxylic acid groups (broad SMARTS) is 1. The molecule has 0 saturated heterocycles. The third kappa shape index (κ3) is 6.46. The highest BCUT2D eigenvalue weighted by Crippen LogP contribution is 2.59. The molecule has 4 unspecified atom stereocenters. The number of hydrogen-bond donors (Lipinski definition) is 3. The van der Waals surface area contributed by atoms with Crippen molar-refractivity contribution in [2.24, 2.45) is 11.8 Å².